The zero-order valence-corrected chi connectivity index (χ0v) is 22.5. The first-order valence-electron chi connectivity index (χ1n) is 14.2. The molecule has 0 aromatic rings. The second kappa shape index (κ2) is 8.04. The van der Waals surface area contributed by atoms with Crippen LogP contribution in [0.3, 0.4) is 0 Å². The minimum absolute atomic E-state index is 0.00530. The molecule has 0 spiro atoms. The van der Waals surface area contributed by atoms with Gasteiger partial charge in [-0.15, -0.1) is 0 Å². The number of aliphatic hydroxyl groups is 3. The van der Waals surface area contributed by atoms with Gasteiger partial charge in [-0.3, -0.25) is 4.79 Å². The van der Waals surface area contributed by atoms with E-state index in [1.165, 1.54) is 0 Å². The molecule has 5 aliphatic rings. The lowest BCUT2D eigenvalue weighted by atomic mass is 9.41. The zero-order chi connectivity index (χ0) is 25.6. The maximum absolute atomic E-state index is 12.5. The highest BCUT2D eigenvalue weighted by molar-refractivity contribution is 5.76. The molecule has 0 bridgehead atoms. The molecule has 11 atom stereocenters. The molecule has 5 nitrogen and oxygen atoms in total. The number of carbonyl (C=O) groups is 1. The van der Waals surface area contributed by atoms with Crippen LogP contribution in [-0.4, -0.2) is 45.2 Å². The molecule has 4 saturated carbocycles. The standard InChI is InChI=1S/C30H48O5/c1-26-13-10-22-28(3,15-12-24(33)30(22,5)25(34)35)20(26)9-7-19-18(16-26)6-8-21-27(19,2)14-11-23(32)29(21,4)17-31/h6,19-24,31-33H,7-17H2,1-5H3,(H,34,35)/t19-,20-,21+,22-,23+,24-,26-,27+,28+,29+,30+/m0/s1. The van der Waals surface area contributed by atoms with Crippen LogP contribution in [0.1, 0.15) is 98.8 Å². The minimum Gasteiger partial charge on any atom is -0.481 e. The monoisotopic (exact) mass is 488 g/mol. The van der Waals surface area contributed by atoms with E-state index in [1.807, 2.05) is 0 Å². The van der Waals surface area contributed by atoms with Gasteiger partial charge in [0.1, 0.15) is 0 Å². The highest BCUT2D eigenvalue weighted by Gasteiger charge is 2.66. The van der Waals surface area contributed by atoms with Crippen molar-refractivity contribution >= 4 is 5.97 Å². The van der Waals surface area contributed by atoms with Crippen molar-refractivity contribution in [1.82, 2.24) is 0 Å². The molecule has 0 amide bonds. The molecule has 0 aromatic heterocycles. The number of aliphatic carboxylic acids is 1. The second-order valence-electron chi connectivity index (χ2n) is 14.5. The smallest absolute Gasteiger partial charge is 0.312 e. The van der Waals surface area contributed by atoms with E-state index in [0.29, 0.717) is 18.3 Å². The van der Waals surface area contributed by atoms with Crippen LogP contribution >= 0.6 is 0 Å². The molecule has 0 radical (unpaired) electrons. The fraction of sp³-hybridized carbons (Fsp3) is 0.900. The fourth-order valence-electron chi connectivity index (χ4n) is 11.0. The van der Waals surface area contributed by atoms with Crippen LogP contribution in [0.25, 0.3) is 0 Å². The summed E-state index contributed by atoms with van der Waals surface area (Å²) in [5.41, 5.74) is 0.179. The summed E-state index contributed by atoms with van der Waals surface area (Å²) in [6.07, 6.45) is 10.6. The third-order valence-corrected chi connectivity index (χ3v) is 13.1. The predicted molar refractivity (Wildman–Crippen MR) is 135 cm³/mol. The van der Waals surface area contributed by atoms with Gasteiger partial charge in [0.15, 0.2) is 0 Å². The van der Waals surface area contributed by atoms with Gasteiger partial charge in [0, 0.05) is 5.41 Å². The quantitative estimate of drug-likeness (QED) is 0.402. The lowest BCUT2D eigenvalue weighted by Crippen LogP contribution is -2.61. The Labute approximate surface area is 211 Å². The molecule has 0 saturated heterocycles. The summed E-state index contributed by atoms with van der Waals surface area (Å²) in [6, 6.07) is 0. The highest BCUT2D eigenvalue weighted by atomic mass is 16.4. The molecule has 5 aliphatic carbocycles. The molecular weight excluding hydrogens is 440 g/mol. The van der Waals surface area contributed by atoms with Crippen LogP contribution in [0.5, 0.6) is 0 Å². The largest absolute Gasteiger partial charge is 0.481 e. The first-order valence-corrected chi connectivity index (χ1v) is 14.2. The van der Waals surface area contributed by atoms with Gasteiger partial charge in [0.25, 0.3) is 0 Å². The maximum Gasteiger partial charge on any atom is 0.312 e. The van der Waals surface area contributed by atoms with Crippen LogP contribution in [-0.2, 0) is 4.79 Å². The SMILES string of the molecule is C[C@@]12CC[C@H]3[C@](C)(CC[C@H](O)[C@]3(C)C(=O)O)[C@H]1CC[C@H]1C(=CC[C@@H]3[C@]1(C)CC[C@@H](O)[C@]3(C)CO)C2. The molecule has 0 unspecified atom stereocenters. The van der Waals surface area contributed by atoms with Crippen LogP contribution < -0.4 is 0 Å². The summed E-state index contributed by atoms with van der Waals surface area (Å²) < 4.78 is 0. The third-order valence-electron chi connectivity index (χ3n) is 13.1. The van der Waals surface area contributed by atoms with E-state index in [4.69, 9.17) is 0 Å². The maximum atomic E-state index is 12.5. The van der Waals surface area contributed by atoms with Gasteiger partial charge >= 0.3 is 5.97 Å². The number of carboxylic acids is 1. The van der Waals surface area contributed by atoms with Crippen LogP contribution in [0.15, 0.2) is 11.6 Å². The van der Waals surface area contributed by atoms with Gasteiger partial charge in [-0.2, -0.15) is 0 Å². The van der Waals surface area contributed by atoms with E-state index in [2.05, 4.69) is 33.8 Å². The predicted octanol–water partition coefficient (Wildman–Crippen LogP) is 5.18. The molecule has 4 N–H and O–H groups in total. The Morgan fingerprint density at radius 1 is 0.857 bits per heavy atom. The molecule has 5 rings (SSSR count). The number of aliphatic hydroxyl groups excluding tert-OH is 3. The summed E-state index contributed by atoms with van der Waals surface area (Å²) in [5.74, 6) is 0.327. The number of hydrogen-bond acceptors (Lipinski definition) is 4. The van der Waals surface area contributed by atoms with Gasteiger partial charge in [-0.1, -0.05) is 39.3 Å². The summed E-state index contributed by atoms with van der Waals surface area (Å²) in [5, 5.41) is 42.4. The Balaban J connectivity index is 1.51. The van der Waals surface area contributed by atoms with Crippen molar-refractivity contribution in [3.05, 3.63) is 11.6 Å². The van der Waals surface area contributed by atoms with E-state index in [1.54, 1.807) is 12.5 Å². The fourth-order valence-corrected chi connectivity index (χ4v) is 11.0. The highest BCUT2D eigenvalue weighted by Crippen LogP contribution is 2.70. The summed E-state index contributed by atoms with van der Waals surface area (Å²) >= 11 is 0. The normalized spacial score (nSPS) is 55.9. The minimum atomic E-state index is -1.08. The van der Waals surface area contributed by atoms with Crippen molar-refractivity contribution in [2.24, 2.45) is 50.7 Å². The third kappa shape index (κ3) is 3.26. The number of carboxylic acid groups (broad SMARTS) is 1. The Morgan fingerprint density at radius 3 is 2.17 bits per heavy atom. The van der Waals surface area contributed by atoms with Crippen LogP contribution in [0.2, 0.25) is 0 Å². The van der Waals surface area contributed by atoms with Crippen molar-refractivity contribution in [3.63, 3.8) is 0 Å². The Bertz CT molecular complexity index is 914. The Hall–Kier alpha value is -0.910. The molecule has 0 aliphatic heterocycles. The van der Waals surface area contributed by atoms with Crippen molar-refractivity contribution in [1.29, 1.82) is 0 Å². The van der Waals surface area contributed by atoms with Gasteiger partial charge in [0.05, 0.1) is 24.2 Å². The average Bonchev–Trinajstić information content (AvgIpc) is 2.96. The molecule has 198 valence electrons. The number of hydrogen-bond donors (Lipinski definition) is 4. The number of allylic oxidation sites excluding steroid dienone is 2. The van der Waals surface area contributed by atoms with Crippen LogP contribution in [0, 0.1) is 50.7 Å². The van der Waals surface area contributed by atoms with Crippen molar-refractivity contribution in [2.45, 2.75) is 111 Å². The first kappa shape index (κ1) is 25.7. The molecule has 5 heteroatoms. The van der Waals surface area contributed by atoms with Gasteiger partial charge < -0.3 is 20.4 Å². The van der Waals surface area contributed by atoms with Crippen LogP contribution in [0.4, 0.5) is 0 Å². The first-order chi connectivity index (χ1) is 16.3. The van der Waals surface area contributed by atoms with E-state index in [0.717, 1.165) is 57.8 Å². The Kier molecular flexibility index (Phi) is 5.91. The topological polar surface area (TPSA) is 98.0 Å². The molecular formula is C30H48O5. The lowest BCUT2D eigenvalue weighted by Gasteiger charge is -2.63. The molecule has 0 heterocycles. The van der Waals surface area contributed by atoms with E-state index < -0.39 is 29.0 Å². The zero-order valence-electron chi connectivity index (χ0n) is 22.5. The summed E-state index contributed by atoms with van der Waals surface area (Å²) in [7, 11) is 0. The number of fused-ring (bicyclic) bond motifs is 6. The lowest BCUT2D eigenvalue weighted by molar-refractivity contribution is -0.199. The van der Waals surface area contributed by atoms with E-state index in [-0.39, 0.29) is 34.7 Å². The second-order valence-corrected chi connectivity index (χ2v) is 14.5. The summed E-state index contributed by atoms with van der Waals surface area (Å²) in [6.45, 7) is 11.2. The van der Waals surface area contributed by atoms with Gasteiger partial charge in [-0.25, -0.2) is 0 Å². The Morgan fingerprint density at radius 2 is 1.51 bits per heavy atom. The van der Waals surface area contributed by atoms with Crippen molar-refractivity contribution in [3.8, 4) is 0 Å². The molecule has 35 heavy (non-hydrogen) atoms. The summed E-state index contributed by atoms with van der Waals surface area (Å²) in [4.78, 5) is 12.5. The number of rotatable bonds is 2. The van der Waals surface area contributed by atoms with Crippen molar-refractivity contribution in [2.75, 3.05) is 6.61 Å². The van der Waals surface area contributed by atoms with Gasteiger partial charge in [0.2, 0.25) is 0 Å². The van der Waals surface area contributed by atoms with E-state index >= 15 is 0 Å². The van der Waals surface area contributed by atoms with Gasteiger partial charge in [-0.05, 0) is 111 Å². The van der Waals surface area contributed by atoms with E-state index in [9.17, 15) is 25.2 Å². The molecule has 0 aromatic carbocycles. The average molecular weight is 489 g/mol. The molecule has 4 fully saturated rings. The van der Waals surface area contributed by atoms with Crippen molar-refractivity contribution < 1.29 is 25.2 Å².